The first-order valence-electron chi connectivity index (χ1n) is 6.30. The van der Waals surface area contributed by atoms with Gasteiger partial charge in [-0.2, -0.15) is 0 Å². The van der Waals surface area contributed by atoms with Gasteiger partial charge in [0.05, 0.1) is 6.61 Å². The highest BCUT2D eigenvalue weighted by atomic mass is 16.6. The first kappa shape index (κ1) is 16.1. The molecule has 2 N–H and O–H groups in total. The van der Waals surface area contributed by atoms with Crippen LogP contribution in [0.15, 0.2) is 30.3 Å². The summed E-state index contributed by atoms with van der Waals surface area (Å²) in [5.74, 6) is -1.97. The number of esters is 2. The van der Waals surface area contributed by atoms with Crippen LogP contribution in [-0.2, 0) is 14.3 Å². The zero-order valence-corrected chi connectivity index (χ0v) is 11.4. The summed E-state index contributed by atoms with van der Waals surface area (Å²) in [7, 11) is 0. The van der Waals surface area contributed by atoms with Gasteiger partial charge >= 0.3 is 11.9 Å². The van der Waals surface area contributed by atoms with Gasteiger partial charge in [0.15, 0.2) is 11.7 Å². The SMILES string of the molecule is CCOC(=O)[C@](O)(CC)[C@H](O)C(=O)Oc1ccccc1. The molecule has 0 aromatic heterocycles. The van der Waals surface area contributed by atoms with E-state index < -0.39 is 23.6 Å². The number of para-hydroxylation sites is 1. The van der Waals surface area contributed by atoms with Crippen LogP contribution in [0.3, 0.4) is 0 Å². The Morgan fingerprint density at radius 1 is 1.25 bits per heavy atom. The Kier molecular flexibility index (Phi) is 5.66. The summed E-state index contributed by atoms with van der Waals surface area (Å²) >= 11 is 0. The molecule has 0 heterocycles. The maximum absolute atomic E-state index is 11.8. The van der Waals surface area contributed by atoms with Crippen molar-refractivity contribution in [2.24, 2.45) is 0 Å². The molecule has 0 aliphatic carbocycles. The smallest absolute Gasteiger partial charge is 0.344 e. The van der Waals surface area contributed by atoms with Crippen LogP contribution in [0.4, 0.5) is 0 Å². The number of benzene rings is 1. The monoisotopic (exact) mass is 282 g/mol. The van der Waals surface area contributed by atoms with E-state index in [0.717, 1.165) is 0 Å². The van der Waals surface area contributed by atoms with Crippen LogP contribution < -0.4 is 4.74 Å². The van der Waals surface area contributed by atoms with Crippen LogP contribution in [0.1, 0.15) is 20.3 Å². The van der Waals surface area contributed by atoms with Gasteiger partial charge in [0.25, 0.3) is 0 Å². The molecule has 0 bridgehead atoms. The Labute approximate surface area is 116 Å². The van der Waals surface area contributed by atoms with Gasteiger partial charge in [0.2, 0.25) is 0 Å². The second-order valence-corrected chi connectivity index (χ2v) is 4.13. The van der Waals surface area contributed by atoms with Gasteiger partial charge in [-0.05, 0) is 25.5 Å². The van der Waals surface area contributed by atoms with Gasteiger partial charge in [-0.1, -0.05) is 25.1 Å². The van der Waals surface area contributed by atoms with E-state index in [1.807, 2.05) is 0 Å². The maximum Gasteiger partial charge on any atom is 0.344 e. The average Bonchev–Trinajstić information content (AvgIpc) is 2.46. The molecule has 2 atom stereocenters. The molecule has 1 aromatic rings. The van der Waals surface area contributed by atoms with E-state index in [9.17, 15) is 19.8 Å². The van der Waals surface area contributed by atoms with E-state index in [-0.39, 0.29) is 18.8 Å². The fourth-order valence-corrected chi connectivity index (χ4v) is 1.56. The number of hydrogen-bond acceptors (Lipinski definition) is 6. The van der Waals surface area contributed by atoms with E-state index in [4.69, 9.17) is 4.74 Å². The molecule has 6 nitrogen and oxygen atoms in total. The Morgan fingerprint density at radius 3 is 2.35 bits per heavy atom. The highest BCUT2D eigenvalue weighted by Crippen LogP contribution is 2.20. The lowest BCUT2D eigenvalue weighted by molar-refractivity contribution is -0.186. The fourth-order valence-electron chi connectivity index (χ4n) is 1.56. The van der Waals surface area contributed by atoms with Crippen molar-refractivity contribution in [1.82, 2.24) is 0 Å². The third-order valence-electron chi connectivity index (χ3n) is 2.81. The van der Waals surface area contributed by atoms with Crippen molar-refractivity contribution >= 4 is 11.9 Å². The van der Waals surface area contributed by atoms with Crippen LogP contribution >= 0.6 is 0 Å². The summed E-state index contributed by atoms with van der Waals surface area (Å²) in [5.41, 5.74) is -2.32. The van der Waals surface area contributed by atoms with Crippen LogP contribution in [-0.4, -0.2) is 40.5 Å². The molecule has 1 aromatic carbocycles. The summed E-state index contributed by atoms with van der Waals surface area (Å²) in [6.45, 7) is 3.04. The van der Waals surface area contributed by atoms with Crippen molar-refractivity contribution in [3.05, 3.63) is 30.3 Å². The molecule has 0 radical (unpaired) electrons. The van der Waals surface area contributed by atoms with Gasteiger partial charge in [-0.3, -0.25) is 0 Å². The first-order chi connectivity index (χ1) is 9.45. The Hall–Kier alpha value is -1.92. The second-order valence-electron chi connectivity index (χ2n) is 4.13. The highest BCUT2D eigenvalue weighted by Gasteiger charge is 2.48. The molecule has 0 unspecified atom stereocenters. The molecule has 0 saturated heterocycles. The lowest BCUT2D eigenvalue weighted by Crippen LogP contribution is -2.54. The quantitative estimate of drug-likeness (QED) is 0.588. The Balaban J connectivity index is 2.82. The second kappa shape index (κ2) is 7.02. The molecule has 20 heavy (non-hydrogen) atoms. The molecule has 0 aliphatic heterocycles. The lowest BCUT2D eigenvalue weighted by Gasteiger charge is -2.27. The highest BCUT2D eigenvalue weighted by molar-refractivity contribution is 5.89. The number of ether oxygens (including phenoxy) is 2. The minimum Gasteiger partial charge on any atom is -0.464 e. The molecule has 0 spiro atoms. The van der Waals surface area contributed by atoms with Gasteiger partial charge in [0, 0.05) is 0 Å². The molecule has 0 amide bonds. The van der Waals surface area contributed by atoms with Gasteiger partial charge in [0.1, 0.15) is 5.75 Å². The standard InChI is InChI=1S/C14H18O6/c1-3-14(18,13(17)19-4-2)11(15)12(16)20-10-8-6-5-7-9-10/h5-9,11,15,18H,3-4H2,1-2H3/t11-,14+/m1/s1. The predicted octanol–water partition coefficient (Wildman–Crippen LogP) is 0.657. The van der Waals surface area contributed by atoms with Crippen molar-refractivity contribution < 1.29 is 29.3 Å². The topological polar surface area (TPSA) is 93.1 Å². The number of carbonyl (C=O) groups is 2. The molecule has 110 valence electrons. The normalized spacial score (nSPS) is 15.0. The number of aliphatic hydroxyl groups excluding tert-OH is 1. The molecule has 0 aliphatic rings. The van der Waals surface area contributed by atoms with Crippen molar-refractivity contribution in [2.45, 2.75) is 32.0 Å². The van der Waals surface area contributed by atoms with Gasteiger partial charge < -0.3 is 19.7 Å². The zero-order chi connectivity index (χ0) is 15.2. The number of rotatable bonds is 6. The van der Waals surface area contributed by atoms with Gasteiger partial charge in [-0.15, -0.1) is 0 Å². The largest absolute Gasteiger partial charge is 0.464 e. The van der Waals surface area contributed by atoms with E-state index in [1.54, 1.807) is 25.1 Å². The van der Waals surface area contributed by atoms with E-state index in [2.05, 4.69) is 4.74 Å². The zero-order valence-electron chi connectivity index (χ0n) is 11.4. The van der Waals surface area contributed by atoms with E-state index in [0.29, 0.717) is 0 Å². The van der Waals surface area contributed by atoms with Crippen molar-refractivity contribution in [3.63, 3.8) is 0 Å². The Morgan fingerprint density at radius 2 is 1.85 bits per heavy atom. The van der Waals surface area contributed by atoms with Crippen molar-refractivity contribution in [1.29, 1.82) is 0 Å². The molecular weight excluding hydrogens is 264 g/mol. The minimum atomic E-state index is -2.32. The fraction of sp³-hybridized carbons (Fsp3) is 0.429. The summed E-state index contributed by atoms with van der Waals surface area (Å²) < 4.78 is 9.56. The lowest BCUT2D eigenvalue weighted by atomic mass is 9.93. The molecule has 6 heteroatoms. The van der Waals surface area contributed by atoms with Crippen LogP contribution in [0.5, 0.6) is 5.75 Å². The predicted molar refractivity (Wildman–Crippen MR) is 70.0 cm³/mol. The third kappa shape index (κ3) is 3.55. The molecular formula is C14H18O6. The van der Waals surface area contributed by atoms with E-state index >= 15 is 0 Å². The minimum absolute atomic E-state index is 0.0294. The number of aliphatic hydroxyl groups is 2. The molecule has 0 saturated carbocycles. The Bertz CT molecular complexity index is 458. The van der Waals surface area contributed by atoms with Crippen molar-refractivity contribution in [2.75, 3.05) is 6.61 Å². The third-order valence-corrected chi connectivity index (χ3v) is 2.81. The summed E-state index contributed by atoms with van der Waals surface area (Å²) in [4.78, 5) is 23.4. The number of hydrogen-bond donors (Lipinski definition) is 2. The summed E-state index contributed by atoms with van der Waals surface area (Å²) in [5, 5.41) is 20.0. The summed E-state index contributed by atoms with van der Waals surface area (Å²) in [6.07, 6.45) is -2.21. The van der Waals surface area contributed by atoms with Crippen LogP contribution in [0, 0.1) is 0 Å². The van der Waals surface area contributed by atoms with Crippen LogP contribution in [0.25, 0.3) is 0 Å². The average molecular weight is 282 g/mol. The van der Waals surface area contributed by atoms with Crippen LogP contribution in [0.2, 0.25) is 0 Å². The molecule has 0 fully saturated rings. The molecule has 1 rings (SSSR count). The maximum atomic E-state index is 11.8. The first-order valence-corrected chi connectivity index (χ1v) is 6.30. The van der Waals surface area contributed by atoms with E-state index in [1.165, 1.54) is 19.1 Å². The number of carbonyl (C=O) groups excluding carboxylic acids is 2. The summed E-state index contributed by atoms with van der Waals surface area (Å²) in [6, 6.07) is 8.05. The van der Waals surface area contributed by atoms with Gasteiger partial charge in [-0.25, -0.2) is 9.59 Å². The van der Waals surface area contributed by atoms with Crippen molar-refractivity contribution in [3.8, 4) is 5.75 Å².